The molecule has 1 aliphatic heterocycles. The van der Waals surface area contributed by atoms with Crippen molar-refractivity contribution in [3.05, 3.63) is 83.6 Å². The molecule has 1 aliphatic rings. The molecule has 32 heavy (non-hydrogen) atoms. The summed E-state index contributed by atoms with van der Waals surface area (Å²) in [6.45, 7) is 2.85. The SMILES string of the molecule is Cc1c(C(=O)N2CC[C@H](CO)[C@H](NC(=O)c3ccccc3)C2)cc(-c2ccccc2)n1C. The van der Waals surface area contributed by atoms with E-state index in [1.807, 2.05) is 73.1 Å². The molecule has 6 heteroatoms. The molecule has 3 aromatic rings. The van der Waals surface area contributed by atoms with Crippen LogP contribution in [-0.4, -0.2) is 52.1 Å². The quantitative estimate of drug-likeness (QED) is 0.651. The highest BCUT2D eigenvalue weighted by Gasteiger charge is 2.33. The van der Waals surface area contributed by atoms with E-state index >= 15 is 0 Å². The number of likely N-dealkylation sites (tertiary alicyclic amines) is 1. The van der Waals surface area contributed by atoms with Crippen LogP contribution < -0.4 is 5.32 Å². The summed E-state index contributed by atoms with van der Waals surface area (Å²) >= 11 is 0. The van der Waals surface area contributed by atoms with E-state index in [1.165, 1.54) is 0 Å². The predicted molar refractivity (Wildman–Crippen MR) is 124 cm³/mol. The molecule has 2 amide bonds. The van der Waals surface area contributed by atoms with Crippen LogP contribution in [0.3, 0.4) is 0 Å². The van der Waals surface area contributed by atoms with Crippen molar-refractivity contribution in [3.63, 3.8) is 0 Å². The van der Waals surface area contributed by atoms with E-state index in [-0.39, 0.29) is 30.4 Å². The Morgan fingerprint density at radius 3 is 2.38 bits per heavy atom. The van der Waals surface area contributed by atoms with Gasteiger partial charge in [0.05, 0.1) is 11.6 Å². The lowest BCUT2D eigenvalue weighted by Gasteiger charge is -2.38. The van der Waals surface area contributed by atoms with Crippen LogP contribution in [0.25, 0.3) is 11.3 Å². The molecule has 0 aliphatic carbocycles. The van der Waals surface area contributed by atoms with Gasteiger partial charge in [0.15, 0.2) is 0 Å². The molecule has 1 saturated heterocycles. The van der Waals surface area contributed by atoms with Gasteiger partial charge in [0.25, 0.3) is 11.8 Å². The third-order valence-electron chi connectivity index (χ3n) is 6.47. The van der Waals surface area contributed by atoms with Gasteiger partial charge in [-0.2, -0.15) is 0 Å². The lowest BCUT2D eigenvalue weighted by atomic mass is 9.91. The van der Waals surface area contributed by atoms with Gasteiger partial charge in [0.2, 0.25) is 0 Å². The van der Waals surface area contributed by atoms with Crippen LogP contribution >= 0.6 is 0 Å². The zero-order valence-corrected chi connectivity index (χ0v) is 18.5. The second-order valence-electron chi connectivity index (χ2n) is 8.38. The summed E-state index contributed by atoms with van der Waals surface area (Å²) in [4.78, 5) is 27.9. The van der Waals surface area contributed by atoms with Crippen molar-refractivity contribution in [2.24, 2.45) is 13.0 Å². The number of nitrogens with zero attached hydrogens (tertiary/aromatic N) is 2. The zero-order valence-electron chi connectivity index (χ0n) is 18.5. The number of amides is 2. The number of aromatic nitrogens is 1. The number of nitrogens with one attached hydrogen (secondary N) is 1. The predicted octanol–water partition coefficient (Wildman–Crippen LogP) is 3.25. The molecule has 4 rings (SSSR count). The summed E-state index contributed by atoms with van der Waals surface area (Å²) in [5, 5.41) is 12.9. The average molecular weight is 432 g/mol. The van der Waals surface area contributed by atoms with Crippen LogP contribution in [0.2, 0.25) is 0 Å². The van der Waals surface area contributed by atoms with Gasteiger partial charge in [-0.3, -0.25) is 9.59 Å². The number of carbonyl (C=O) groups is 2. The maximum atomic E-state index is 13.5. The Morgan fingerprint density at radius 1 is 1.06 bits per heavy atom. The fourth-order valence-corrected chi connectivity index (χ4v) is 4.38. The molecule has 6 nitrogen and oxygen atoms in total. The lowest BCUT2D eigenvalue weighted by molar-refractivity contribution is 0.0541. The first-order valence-corrected chi connectivity index (χ1v) is 11.0. The molecule has 2 aromatic carbocycles. The second kappa shape index (κ2) is 9.40. The Labute approximate surface area is 188 Å². The normalized spacial score (nSPS) is 18.4. The first-order chi connectivity index (χ1) is 15.5. The van der Waals surface area contributed by atoms with Gasteiger partial charge < -0.3 is 19.9 Å². The number of hydrogen-bond acceptors (Lipinski definition) is 3. The maximum absolute atomic E-state index is 13.5. The molecule has 2 N–H and O–H groups in total. The molecule has 1 fully saturated rings. The van der Waals surface area contributed by atoms with Crippen LogP contribution in [0.1, 0.15) is 32.8 Å². The van der Waals surface area contributed by atoms with Crippen LogP contribution in [0, 0.1) is 12.8 Å². The molecular weight excluding hydrogens is 402 g/mol. The fraction of sp³-hybridized carbons (Fsp3) is 0.308. The van der Waals surface area contributed by atoms with E-state index in [9.17, 15) is 14.7 Å². The lowest BCUT2D eigenvalue weighted by Crippen LogP contribution is -2.55. The maximum Gasteiger partial charge on any atom is 0.255 e. The molecule has 166 valence electrons. The van der Waals surface area contributed by atoms with Gasteiger partial charge in [-0.25, -0.2) is 0 Å². The van der Waals surface area contributed by atoms with Crippen molar-refractivity contribution < 1.29 is 14.7 Å². The number of aliphatic hydroxyl groups is 1. The van der Waals surface area contributed by atoms with Gasteiger partial charge in [-0.15, -0.1) is 0 Å². The Kier molecular flexibility index (Phi) is 6.42. The van der Waals surface area contributed by atoms with Crippen LogP contribution in [0.4, 0.5) is 0 Å². The van der Waals surface area contributed by atoms with E-state index in [4.69, 9.17) is 0 Å². The molecular formula is C26H29N3O3. The van der Waals surface area contributed by atoms with Gasteiger partial charge in [-0.05, 0) is 37.1 Å². The Bertz CT molecular complexity index is 1090. The second-order valence-corrected chi connectivity index (χ2v) is 8.38. The summed E-state index contributed by atoms with van der Waals surface area (Å²) in [5.74, 6) is -0.315. The third-order valence-corrected chi connectivity index (χ3v) is 6.47. The zero-order chi connectivity index (χ0) is 22.7. The van der Waals surface area contributed by atoms with Crippen molar-refractivity contribution in [1.29, 1.82) is 0 Å². The number of aliphatic hydroxyl groups excluding tert-OH is 1. The summed E-state index contributed by atoms with van der Waals surface area (Å²) in [6.07, 6.45) is 0.638. The number of carbonyl (C=O) groups excluding carboxylic acids is 2. The summed E-state index contributed by atoms with van der Waals surface area (Å²) in [6, 6.07) is 20.7. The number of piperidine rings is 1. The highest BCUT2D eigenvalue weighted by molar-refractivity contribution is 5.97. The van der Waals surface area contributed by atoms with Gasteiger partial charge in [0.1, 0.15) is 0 Å². The summed E-state index contributed by atoms with van der Waals surface area (Å²) in [7, 11) is 1.97. The van der Waals surface area contributed by atoms with E-state index in [2.05, 4.69) is 5.32 Å². The smallest absolute Gasteiger partial charge is 0.255 e. The van der Waals surface area contributed by atoms with Crippen molar-refractivity contribution in [1.82, 2.24) is 14.8 Å². The minimum Gasteiger partial charge on any atom is -0.396 e. The van der Waals surface area contributed by atoms with E-state index in [0.717, 1.165) is 17.0 Å². The van der Waals surface area contributed by atoms with Gasteiger partial charge in [-0.1, -0.05) is 48.5 Å². The minimum atomic E-state index is -0.303. The van der Waals surface area contributed by atoms with Gasteiger partial charge in [0, 0.05) is 49.6 Å². The van der Waals surface area contributed by atoms with E-state index in [0.29, 0.717) is 30.6 Å². The van der Waals surface area contributed by atoms with Gasteiger partial charge >= 0.3 is 0 Å². The first kappa shape index (κ1) is 21.8. The van der Waals surface area contributed by atoms with Crippen molar-refractivity contribution >= 4 is 11.8 Å². The molecule has 2 atom stereocenters. The standard InChI is InChI=1S/C26H29N3O3/c1-18-22(15-24(28(18)2)19-9-5-3-6-10-19)26(32)29-14-13-21(17-30)23(16-29)27-25(31)20-11-7-4-8-12-20/h3-12,15,21,23,30H,13-14,16-17H2,1-2H3,(H,27,31)/t21-,23-/m1/s1. The Morgan fingerprint density at radius 2 is 1.72 bits per heavy atom. The summed E-state index contributed by atoms with van der Waals surface area (Å²) in [5.41, 5.74) is 4.19. The van der Waals surface area contributed by atoms with Crippen molar-refractivity contribution in [3.8, 4) is 11.3 Å². The average Bonchev–Trinajstić information content (AvgIpc) is 3.14. The number of benzene rings is 2. The van der Waals surface area contributed by atoms with Crippen molar-refractivity contribution in [2.75, 3.05) is 19.7 Å². The molecule has 0 radical (unpaired) electrons. The molecule has 1 aromatic heterocycles. The molecule has 0 saturated carbocycles. The van der Waals surface area contributed by atoms with Crippen LogP contribution in [-0.2, 0) is 7.05 Å². The van der Waals surface area contributed by atoms with Crippen LogP contribution in [0.5, 0.6) is 0 Å². The highest BCUT2D eigenvalue weighted by atomic mass is 16.3. The molecule has 0 unspecified atom stereocenters. The fourth-order valence-electron chi connectivity index (χ4n) is 4.38. The number of rotatable bonds is 5. The van der Waals surface area contributed by atoms with E-state index in [1.54, 1.807) is 17.0 Å². The first-order valence-electron chi connectivity index (χ1n) is 11.0. The highest BCUT2D eigenvalue weighted by Crippen LogP contribution is 2.27. The summed E-state index contributed by atoms with van der Waals surface area (Å²) < 4.78 is 2.04. The topological polar surface area (TPSA) is 74.6 Å². The largest absolute Gasteiger partial charge is 0.396 e. The van der Waals surface area contributed by atoms with E-state index < -0.39 is 0 Å². The number of hydrogen-bond donors (Lipinski definition) is 2. The van der Waals surface area contributed by atoms with Crippen LogP contribution in [0.15, 0.2) is 66.7 Å². The molecule has 0 bridgehead atoms. The minimum absolute atomic E-state index is 0.0235. The molecule has 0 spiro atoms. The Balaban J connectivity index is 1.54. The third kappa shape index (κ3) is 4.32. The van der Waals surface area contributed by atoms with Crippen molar-refractivity contribution in [2.45, 2.75) is 19.4 Å². The monoisotopic (exact) mass is 431 g/mol. The Hall–Kier alpha value is -3.38. The molecule has 2 heterocycles.